The summed E-state index contributed by atoms with van der Waals surface area (Å²) in [6.07, 6.45) is -3.43. The molecule has 0 fully saturated rings. The second kappa shape index (κ2) is 11.3. The Morgan fingerprint density at radius 1 is 1.00 bits per heavy atom. The van der Waals surface area contributed by atoms with E-state index >= 15 is 0 Å². The molecule has 0 unspecified atom stereocenters. The van der Waals surface area contributed by atoms with Crippen molar-refractivity contribution in [2.75, 3.05) is 4.31 Å². The molecule has 1 heterocycles. The van der Waals surface area contributed by atoms with Crippen LogP contribution < -0.4 is 43.7 Å². The zero-order chi connectivity index (χ0) is 26.1. The van der Waals surface area contributed by atoms with Gasteiger partial charge in [0, 0.05) is 17.0 Å². The van der Waals surface area contributed by atoms with E-state index in [0.29, 0.717) is 16.3 Å². The Balaban J connectivity index is 0.00000380. The topological polar surface area (TPSA) is 99.6 Å². The predicted molar refractivity (Wildman–Crippen MR) is 124 cm³/mol. The van der Waals surface area contributed by atoms with E-state index in [1.807, 2.05) is 0 Å². The number of aromatic carboxylic acids is 1. The molecule has 0 radical (unpaired) electrons. The van der Waals surface area contributed by atoms with Crippen molar-refractivity contribution in [3.05, 3.63) is 95.1 Å². The van der Waals surface area contributed by atoms with E-state index in [4.69, 9.17) is 11.6 Å². The maximum absolute atomic E-state index is 13.7. The summed E-state index contributed by atoms with van der Waals surface area (Å²) in [5.41, 5.74) is 0.0908. The number of carbonyl (C=O) groups excluding carboxylic acids is 1. The number of nitrogens with zero attached hydrogens (tertiary/aromatic N) is 2. The summed E-state index contributed by atoms with van der Waals surface area (Å²) in [5.74, 6) is -2.06. The van der Waals surface area contributed by atoms with Crippen molar-refractivity contribution in [3.63, 3.8) is 0 Å². The molecule has 0 bridgehead atoms. The van der Waals surface area contributed by atoms with Gasteiger partial charge in [-0.25, -0.2) is 17.7 Å². The zero-order valence-corrected chi connectivity index (χ0v) is 22.6. The number of pyridine rings is 1. The van der Waals surface area contributed by atoms with Gasteiger partial charge >= 0.3 is 35.9 Å². The molecule has 4 rings (SSSR count). The number of hydrogen-bond donors (Lipinski definition) is 0. The van der Waals surface area contributed by atoms with E-state index < -0.39 is 28.1 Å². The second-order valence-corrected chi connectivity index (χ2v) is 9.74. The van der Waals surface area contributed by atoms with E-state index in [1.54, 1.807) is 24.3 Å². The van der Waals surface area contributed by atoms with Crippen LogP contribution in [0.2, 0.25) is 5.02 Å². The Hall–Kier alpha value is -2.83. The van der Waals surface area contributed by atoms with Gasteiger partial charge in [0.05, 0.1) is 22.4 Å². The zero-order valence-electron chi connectivity index (χ0n) is 19.1. The van der Waals surface area contributed by atoms with Crippen LogP contribution in [-0.4, -0.2) is 25.7 Å². The van der Waals surface area contributed by atoms with Gasteiger partial charge in [0.15, 0.2) is 5.82 Å². The molecule has 0 saturated carbocycles. The Morgan fingerprint density at radius 2 is 1.62 bits per heavy atom. The monoisotopic (exact) mass is 558 g/mol. The van der Waals surface area contributed by atoms with Gasteiger partial charge in [-0.15, -0.1) is 13.2 Å². The molecule has 0 saturated heterocycles. The molecule has 0 aliphatic carbocycles. The van der Waals surface area contributed by atoms with E-state index in [9.17, 15) is 31.5 Å². The van der Waals surface area contributed by atoms with E-state index in [1.165, 1.54) is 18.3 Å². The number of rotatable bonds is 7. The number of hydrogen-bond acceptors (Lipinski definition) is 6. The molecule has 0 aliphatic heterocycles. The van der Waals surface area contributed by atoms with Crippen LogP contribution in [0, 0.1) is 0 Å². The van der Waals surface area contributed by atoms with Crippen LogP contribution in [0.1, 0.15) is 15.9 Å². The number of alkyl halides is 3. The van der Waals surface area contributed by atoms with Gasteiger partial charge in [0.2, 0.25) is 0 Å². The minimum Gasteiger partial charge on any atom is -0.545 e. The van der Waals surface area contributed by atoms with Crippen LogP contribution in [0.15, 0.2) is 83.9 Å². The van der Waals surface area contributed by atoms with Gasteiger partial charge in [0.1, 0.15) is 5.75 Å². The molecular weight excluding hydrogens is 544 g/mol. The first-order valence-electron chi connectivity index (χ1n) is 10.2. The number of anilines is 1. The molecule has 0 amide bonds. The van der Waals surface area contributed by atoms with Gasteiger partial charge < -0.3 is 14.6 Å². The number of carboxylic acids is 1. The fraction of sp³-hybridized carbons (Fsp3) is 0.0833. The molecule has 0 spiro atoms. The average Bonchev–Trinajstić information content (AvgIpc) is 2.83. The first-order valence-corrected chi connectivity index (χ1v) is 12.0. The normalized spacial score (nSPS) is 11.6. The summed E-state index contributed by atoms with van der Waals surface area (Å²) in [6.45, 7) is -0.345. The van der Waals surface area contributed by atoms with Crippen LogP contribution in [0.5, 0.6) is 5.75 Å². The molecule has 13 heteroatoms. The third kappa shape index (κ3) is 6.55. The summed E-state index contributed by atoms with van der Waals surface area (Å²) in [4.78, 5) is 15.1. The Labute approximate surface area is 236 Å². The predicted octanol–water partition coefficient (Wildman–Crippen LogP) is 1.55. The average molecular weight is 559 g/mol. The summed E-state index contributed by atoms with van der Waals surface area (Å²) in [7, 11) is -4.36. The van der Waals surface area contributed by atoms with Crippen molar-refractivity contribution < 1.29 is 65.8 Å². The van der Waals surface area contributed by atoms with Gasteiger partial charge in [-0.1, -0.05) is 60.1 Å². The summed E-state index contributed by atoms with van der Waals surface area (Å²) >= 11 is 6.56. The smallest absolute Gasteiger partial charge is 0.545 e. The number of carbonyl (C=O) groups is 1. The van der Waals surface area contributed by atoms with Gasteiger partial charge in [-0.05, 0) is 35.4 Å². The van der Waals surface area contributed by atoms with Gasteiger partial charge in [0.25, 0.3) is 10.0 Å². The minimum absolute atomic E-state index is 0. The first kappa shape index (κ1) is 28.7. The van der Waals surface area contributed by atoms with Crippen LogP contribution in [0.3, 0.4) is 0 Å². The van der Waals surface area contributed by atoms with Crippen LogP contribution in [0.25, 0.3) is 10.8 Å². The fourth-order valence-corrected chi connectivity index (χ4v) is 5.21. The molecule has 4 aromatic rings. The molecule has 0 aliphatic rings. The van der Waals surface area contributed by atoms with Gasteiger partial charge in [-0.2, -0.15) is 0 Å². The van der Waals surface area contributed by atoms with Crippen LogP contribution in [0.4, 0.5) is 19.0 Å². The quantitative estimate of drug-likeness (QED) is 0.319. The Bertz CT molecular complexity index is 1530. The van der Waals surface area contributed by atoms with Crippen LogP contribution >= 0.6 is 11.6 Å². The number of ether oxygens (including phenoxy) is 1. The summed E-state index contributed by atoms with van der Waals surface area (Å²) < 4.78 is 69.5. The van der Waals surface area contributed by atoms with Crippen molar-refractivity contribution in [3.8, 4) is 5.75 Å². The van der Waals surface area contributed by atoms with Crippen molar-refractivity contribution in [2.24, 2.45) is 0 Å². The number of carboxylic acid groups (broad SMARTS) is 1. The number of fused-ring (bicyclic) bond motifs is 1. The number of benzene rings is 3. The molecule has 186 valence electrons. The fourth-order valence-electron chi connectivity index (χ4n) is 3.42. The van der Waals surface area contributed by atoms with Crippen molar-refractivity contribution in [2.45, 2.75) is 17.8 Å². The van der Waals surface area contributed by atoms with Crippen molar-refractivity contribution in [1.29, 1.82) is 0 Å². The number of halogens is 4. The molecule has 3 aromatic carbocycles. The van der Waals surface area contributed by atoms with Crippen molar-refractivity contribution >= 4 is 44.2 Å². The summed E-state index contributed by atoms with van der Waals surface area (Å²) in [5, 5.41) is 12.3. The third-order valence-electron chi connectivity index (χ3n) is 5.12. The Kier molecular flexibility index (Phi) is 8.76. The van der Waals surface area contributed by atoms with E-state index in [2.05, 4.69) is 9.72 Å². The molecule has 37 heavy (non-hydrogen) atoms. The Morgan fingerprint density at radius 3 is 2.22 bits per heavy atom. The largest absolute Gasteiger partial charge is 1.00 e. The maximum atomic E-state index is 13.7. The number of sulfonamides is 1. The van der Waals surface area contributed by atoms with Gasteiger partial charge in [-0.3, -0.25) is 0 Å². The third-order valence-corrected chi connectivity index (χ3v) is 7.24. The number of aromatic nitrogens is 1. The maximum Gasteiger partial charge on any atom is 1.00 e. The summed E-state index contributed by atoms with van der Waals surface area (Å²) in [6, 6.07) is 15.9. The first-order chi connectivity index (χ1) is 17.0. The van der Waals surface area contributed by atoms with E-state index in [-0.39, 0.29) is 57.4 Å². The standard InChI is InChI=1S/C24H16ClF3N2O5S.Na/c25-21-20-4-2-1-3-17(20)13-29-22(21)30(14-15-5-9-18(10-6-15)35-24(26,27)28)36(33,34)19-11-7-16(8-12-19)23(31)32;/h1-13H,14H2,(H,31,32);/q;+1/p-1. The van der Waals surface area contributed by atoms with E-state index in [0.717, 1.165) is 40.7 Å². The van der Waals surface area contributed by atoms with Crippen LogP contribution in [-0.2, 0) is 16.6 Å². The molecular formula is C24H15ClF3N2NaO5S. The minimum atomic E-state index is -4.88. The SMILES string of the molecule is O=C([O-])c1ccc(S(=O)(=O)N(Cc2ccc(OC(F)(F)F)cc2)c2ncc3ccccc3c2Cl)cc1.[Na+]. The second-order valence-electron chi connectivity index (χ2n) is 7.50. The van der Waals surface area contributed by atoms with Crippen molar-refractivity contribution in [1.82, 2.24) is 4.98 Å². The molecule has 1 aromatic heterocycles. The molecule has 0 atom stereocenters. The molecule has 0 N–H and O–H groups in total. The molecule has 7 nitrogen and oxygen atoms in total.